The summed E-state index contributed by atoms with van der Waals surface area (Å²) in [5.41, 5.74) is 10.7. The summed E-state index contributed by atoms with van der Waals surface area (Å²) in [5, 5.41) is 0. The molecule has 9 heteroatoms. The Labute approximate surface area is 297 Å². The van der Waals surface area contributed by atoms with E-state index < -0.39 is 23.5 Å². The molecule has 0 amide bonds. The first-order valence-electron chi connectivity index (χ1n) is 19.3. The van der Waals surface area contributed by atoms with Crippen LogP contribution in [0.15, 0.2) is 0 Å². The van der Waals surface area contributed by atoms with E-state index in [1.807, 2.05) is 0 Å². The van der Waals surface area contributed by atoms with Crippen molar-refractivity contribution in [1.82, 2.24) is 0 Å². The van der Waals surface area contributed by atoms with Crippen LogP contribution >= 0.6 is 21.6 Å². The summed E-state index contributed by atoms with van der Waals surface area (Å²) < 4.78 is 9.74. The van der Waals surface area contributed by atoms with E-state index >= 15 is 0 Å². The van der Waals surface area contributed by atoms with Gasteiger partial charge in [-0.2, -0.15) is 0 Å². The Bertz CT molecular complexity index is 744. The predicted molar refractivity (Wildman–Crippen MR) is 204 cm³/mol. The van der Waals surface area contributed by atoms with Crippen LogP contribution in [0.4, 0.5) is 0 Å². The summed E-state index contributed by atoms with van der Waals surface area (Å²) >= 11 is 0. The Balaban J connectivity index is 4.86. The van der Waals surface area contributed by atoms with Crippen molar-refractivity contribution < 1.29 is 23.9 Å². The molecule has 0 spiro atoms. The average Bonchev–Trinajstić information content (AvgIpc) is 3.08. The first kappa shape index (κ1) is 46.2. The number of esters is 2. The fourth-order valence-corrected chi connectivity index (χ4v) is 8.57. The number of ether oxygens (including phenoxy) is 2. The highest BCUT2D eigenvalue weighted by molar-refractivity contribution is 8.76. The van der Waals surface area contributed by atoms with Gasteiger partial charge in [0.05, 0.1) is 14.2 Å². The van der Waals surface area contributed by atoms with Gasteiger partial charge in [0.15, 0.2) is 11.3 Å². The van der Waals surface area contributed by atoms with Gasteiger partial charge in [-0.05, 0) is 12.8 Å². The number of hydrogen-bond donors (Lipinski definition) is 2. The molecule has 0 aliphatic heterocycles. The molecule has 0 aliphatic carbocycles. The highest BCUT2D eigenvalue weighted by Crippen LogP contribution is 2.31. The van der Waals surface area contributed by atoms with Crippen molar-refractivity contribution >= 4 is 39.3 Å². The molecule has 0 fully saturated rings. The topological polar surface area (TPSA) is 122 Å². The summed E-state index contributed by atoms with van der Waals surface area (Å²) in [5.74, 6) is -1.28. The van der Waals surface area contributed by atoms with Crippen LogP contribution < -0.4 is 11.5 Å². The molecular formula is C38H74N2O5S2. The monoisotopic (exact) mass is 703 g/mol. The second kappa shape index (κ2) is 32.4. The van der Waals surface area contributed by atoms with Crippen molar-refractivity contribution in [3.8, 4) is 0 Å². The number of methoxy groups -OCH3 is 2. The van der Waals surface area contributed by atoms with Gasteiger partial charge < -0.3 is 20.9 Å². The number of carbonyl (C=O) groups excluding carboxylic acids is 3. The van der Waals surface area contributed by atoms with E-state index in [0.717, 1.165) is 38.5 Å². The minimum Gasteiger partial charge on any atom is -0.468 e. The van der Waals surface area contributed by atoms with E-state index in [-0.39, 0.29) is 17.5 Å². The summed E-state index contributed by atoms with van der Waals surface area (Å²) in [7, 11) is 5.18. The number of nitrogens with two attached hydrogens (primary N) is 2. The van der Waals surface area contributed by atoms with E-state index in [4.69, 9.17) is 16.2 Å². The van der Waals surface area contributed by atoms with Gasteiger partial charge in [0.1, 0.15) is 6.04 Å². The average molecular weight is 703 g/mol. The van der Waals surface area contributed by atoms with Crippen LogP contribution in [0.25, 0.3) is 0 Å². The van der Waals surface area contributed by atoms with Crippen LogP contribution in [0, 0.1) is 5.92 Å². The van der Waals surface area contributed by atoms with E-state index in [2.05, 4.69) is 18.6 Å². The largest absolute Gasteiger partial charge is 0.468 e. The van der Waals surface area contributed by atoms with Crippen LogP contribution in [-0.4, -0.2) is 55.0 Å². The van der Waals surface area contributed by atoms with Crippen molar-refractivity contribution in [1.29, 1.82) is 0 Å². The number of ketones is 1. The minimum atomic E-state index is -1.72. The minimum absolute atomic E-state index is 0.0739. The van der Waals surface area contributed by atoms with E-state index in [0.29, 0.717) is 5.75 Å². The molecule has 47 heavy (non-hydrogen) atoms. The van der Waals surface area contributed by atoms with Gasteiger partial charge >= 0.3 is 11.9 Å². The highest BCUT2D eigenvalue weighted by atomic mass is 33.1. The molecule has 0 radical (unpaired) electrons. The number of rotatable bonds is 35. The Morgan fingerprint density at radius 3 is 1.28 bits per heavy atom. The Kier molecular flexibility index (Phi) is 31.9. The van der Waals surface area contributed by atoms with Crippen LogP contribution in [0.5, 0.6) is 0 Å². The lowest BCUT2D eigenvalue weighted by Gasteiger charge is -2.29. The lowest BCUT2D eigenvalue weighted by molar-refractivity contribution is -0.151. The molecule has 4 N–H and O–H groups in total. The van der Waals surface area contributed by atoms with Gasteiger partial charge in [0.2, 0.25) is 0 Å². The fraction of sp³-hybridized carbons (Fsp3) is 0.921. The molecule has 0 bridgehead atoms. The van der Waals surface area contributed by atoms with Crippen LogP contribution in [0.3, 0.4) is 0 Å². The molecule has 0 saturated carbocycles. The third-order valence-corrected chi connectivity index (χ3v) is 11.8. The summed E-state index contributed by atoms with van der Waals surface area (Å²) in [6.45, 7) is 4.52. The molecule has 0 aromatic rings. The number of hydrogen-bond acceptors (Lipinski definition) is 9. The molecular weight excluding hydrogens is 629 g/mol. The zero-order valence-corrected chi connectivity index (χ0v) is 32.6. The summed E-state index contributed by atoms with van der Waals surface area (Å²) in [4.78, 5) is 38.5. The second-order valence-corrected chi connectivity index (χ2v) is 16.1. The Hall–Kier alpha value is -0.770. The molecule has 0 aliphatic rings. The van der Waals surface area contributed by atoms with Crippen LogP contribution in [-0.2, 0) is 23.9 Å². The Morgan fingerprint density at radius 2 is 0.936 bits per heavy atom. The second-order valence-electron chi connectivity index (χ2n) is 13.6. The quantitative estimate of drug-likeness (QED) is 0.0287. The first-order valence-corrected chi connectivity index (χ1v) is 21.8. The summed E-state index contributed by atoms with van der Waals surface area (Å²) in [6.07, 6.45) is 32.0. The van der Waals surface area contributed by atoms with Gasteiger partial charge in [-0.25, -0.2) is 4.79 Å². The SMILES string of the molecule is CCCCCCCCCCCCCCC(CCCCCCCCCCCCCC)C(=O)[C@](N)(CSSC[C@H](N)C(=O)OC)C(=O)OC. The van der Waals surface area contributed by atoms with Crippen molar-refractivity contribution in [2.75, 3.05) is 25.7 Å². The zero-order valence-electron chi connectivity index (χ0n) is 31.0. The van der Waals surface area contributed by atoms with E-state index in [1.165, 1.54) is 164 Å². The van der Waals surface area contributed by atoms with Crippen LogP contribution in [0.1, 0.15) is 181 Å². The normalized spacial score (nSPS) is 13.4. The van der Waals surface area contributed by atoms with Crippen molar-refractivity contribution in [2.24, 2.45) is 17.4 Å². The number of unbranched alkanes of at least 4 members (excludes halogenated alkanes) is 22. The lowest BCUT2D eigenvalue weighted by Crippen LogP contribution is -2.59. The summed E-state index contributed by atoms with van der Waals surface area (Å²) in [6, 6.07) is -0.775. The molecule has 0 aromatic carbocycles. The molecule has 278 valence electrons. The molecule has 0 unspecified atom stereocenters. The number of Topliss-reactive ketones (excluding diaryl/α,β-unsaturated/α-hetero) is 1. The van der Waals surface area contributed by atoms with Crippen molar-refractivity contribution in [3.63, 3.8) is 0 Å². The highest BCUT2D eigenvalue weighted by Gasteiger charge is 2.46. The van der Waals surface area contributed by atoms with Gasteiger partial charge in [0, 0.05) is 17.4 Å². The van der Waals surface area contributed by atoms with Crippen molar-refractivity contribution in [3.05, 3.63) is 0 Å². The fourth-order valence-electron chi connectivity index (χ4n) is 6.12. The van der Waals surface area contributed by atoms with Gasteiger partial charge in [-0.15, -0.1) is 0 Å². The molecule has 0 saturated heterocycles. The van der Waals surface area contributed by atoms with Crippen LogP contribution in [0.2, 0.25) is 0 Å². The molecule has 7 nitrogen and oxygen atoms in total. The molecule has 0 aromatic heterocycles. The standard InChI is InChI=1S/C38H74N2O5S2/c1-5-7-9-11-13-15-17-19-21-23-25-27-29-33(30-28-26-24-22-20-18-16-14-12-10-8-6-2)35(41)38(40,37(43)45-4)32-47-46-31-34(39)36(42)44-3/h33-34H,5-32,39-40H2,1-4H3/t34-,38+/m0/s1. The Morgan fingerprint density at radius 1 is 0.574 bits per heavy atom. The van der Waals surface area contributed by atoms with E-state index in [1.54, 1.807) is 0 Å². The maximum Gasteiger partial charge on any atom is 0.334 e. The molecule has 2 atom stereocenters. The van der Waals surface area contributed by atoms with Gasteiger partial charge in [0.25, 0.3) is 0 Å². The third-order valence-electron chi connectivity index (χ3n) is 9.29. The first-order chi connectivity index (χ1) is 22.8. The predicted octanol–water partition coefficient (Wildman–Crippen LogP) is 10.1. The zero-order chi connectivity index (χ0) is 35.0. The maximum atomic E-state index is 14.0. The smallest absolute Gasteiger partial charge is 0.334 e. The van der Waals surface area contributed by atoms with Crippen molar-refractivity contribution in [2.45, 2.75) is 192 Å². The third kappa shape index (κ3) is 24.1. The van der Waals surface area contributed by atoms with Gasteiger partial charge in [-0.3, -0.25) is 9.59 Å². The van der Waals surface area contributed by atoms with Gasteiger partial charge in [-0.1, -0.05) is 190 Å². The molecule has 0 rings (SSSR count). The maximum absolute atomic E-state index is 14.0. The molecule has 0 heterocycles. The lowest BCUT2D eigenvalue weighted by atomic mass is 9.81. The number of carbonyl (C=O) groups is 3. The van der Waals surface area contributed by atoms with E-state index in [9.17, 15) is 14.4 Å².